The van der Waals surface area contributed by atoms with E-state index in [1.54, 1.807) is 7.11 Å². The van der Waals surface area contributed by atoms with Crippen molar-refractivity contribution in [2.75, 3.05) is 32.6 Å². The molecule has 6 heteroatoms. The van der Waals surface area contributed by atoms with Gasteiger partial charge in [-0.3, -0.25) is 0 Å². The summed E-state index contributed by atoms with van der Waals surface area (Å²) in [5, 5.41) is 4.86. The molecule has 1 aliphatic heterocycles. The maximum Gasteiger partial charge on any atom is 0.173 e. The van der Waals surface area contributed by atoms with Crippen molar-refractivity contribution in [3.05, 3.63) is 58.6 Å². The number of para-hydroxylation sites is 1. The Labute approximate surface area is 178 Å². The fourth-order valence-electron chi connectivity index (χ4n) is 3.56. The Morgan fingerprint density at radius 3 is 2.64 bits per heavy atom. The molecule has 0 bridgehead atoms. The van der Waals surface area contributed by atoms with E-state index in [1.807, 2.05) is 43.3 Å². The minimum absolute atomic E-state index is 0.391. The predicted molar refractivity (Wildman–Crippen MR) is 121 cm³/mol. The van der Waals surface area contributed by atoms with Crippen LogP contribution in [-0.2, 0) is 6.54 Å². The zero-order valence-corrected chi connectivity index (χ0v) is 18.3. The van der Waals surface area contributed by atoms with E-state index in [4.69, 9.17) is 28.6 Å². The molecule has 1 saturated heterocycles. The topological polar surface area (TPSA) is 27.7 Å². The maximum atomic E-state index is 6.29. The Balaban J connectivity index is 1.82. The van der Waals surface area contributed by atoms with Crippen molar-refractivity contribution >= 4 is 34.6 Å². The van der Waals surface area contributed by atoms with E-state index < -0.39 is 0 Å². The summed E-state index contributed by atoms with van der Waals surface area (Å²) in [5.41, 5.74) is 3.10. The SMILES string of the molecule is COc1ccccc1CN(C(=S)Nc1ccc(C)c(Cl)c1)C1CCN(C)CC1. The fourth-order valence-corrected chi connectivity index (χ4v) is 4.07. The molecule has 4 nitrogen and oxygen atoms in total. The van der Waals surface area contributed by atoms with Crippen LogP contribution in [0.5, 0.6) is 5.75 Å². The van der Waals surface area contributed by atoms with Crippen LogP contribution in [0.1, 0.15) is 24.0 Å². The summed E-state index contributed by atoms with van der Waals surface area (Å²) < 4.78 is 5.56. The first-order valence-corrected chi connectivity index (χ1v) is 10.4. The lowest BCUT2D eigenvalue weighted by Crippen LogP contribution is -2.47. The van der Waals surface area contributed by atoms with Crippen molar-refractivity contribution < 1.29 is 4.74 Å². The number of hydrogen-bond donors (Lipinski definition) is 1. The van der Waals surface area contributed by atoms with Gasteiger partial charge in [0.15, 0.2) is 5.11 Å². The zero-order chi connectivity index (χ0) is 20.1. The number of ether oxygens (including phenoxy) is 1. The van der Waals surface area contributed by atoms with Crippen molar-refractivity contribution in [3.8, 4) is 5.75 Å². The Morgan fingerprint density at radius 2 is 1.96 bits per heavy atom. The number of nitrogens with one attached hydrogen (secondary N) is 1. The fraction of sp³-hybridized carbons (Fsp3) is 0.409. The highest BCUT2D eigenvalue weighted by atomic mass is 35.5. The number of benzene rings is 2. The molecular weight excluding hydrogens is 390 g/mol. The zero-order valence-electron chi connectivity index (χ0n) is 16.7. The van der Waals surface area contributed by atoms with E-state index in [-0.39, 0.29) is 0 Å². The van der Waals surface area contributed by atoms with E-state index in [1.165, 1.54) is 0 Å². The summed E-state index contributed by atoms with van der Waals surface area (Å²) in [5.74, 6) is 0.890. The molecule has 2 aromatic rings. The maximum absolute atomic E-state index is 6.29. The van der Waals surface area contributed by atoms with Crippen LogP contribution in [0, 0.1) is 6.92 Å². The first kappa shape index (κ1) is 20.9. The predicted octanol–water partition coefficient (Wildman–Crippen LogP) is 4.95. The summed E-state index contributed by atoms with van der Waals surface area (Å²) in [6.07, 6.45) is 2.17. The van der Waals surface area contributed by atoms with Gasteiger partial charge in [0.2, 0.25) is 0 Å². The summed E-state index contributed by atoms with van der Waals surface area (Å²) in [6.45, 7) is 4.86. The van der Waals surface area contributed by atoms with Gasteiger partial charge in [0, 0.05) is 28.9 Å². The minimum atomic E-state index is 0.391. The van der Waals surface area contributed by atoms with Gasteiger partial charge in [0.1, 0.15) is 5.75 Å². The molecule has 0 radical (unpaired) electrons. The summed E-state index contributed by atoms with van der Waals surface area (Å²) in [6, 6.07) is 14.5. The van der Waals surface area contributed by atoms with Gasteiger partial charge in [0.25, 0.3) is 0 Å². The second kappa shape index (κ2) is 9.59. The molecule has 3 rings (SSSR count). The van der Waals surface area contributed by atoms with Gasteiger partial charge in [-0.1, -0.05) is 35.9 Å². The van der Waals surface area contributed by atoms with Crippen LogP contribution in [0.25, 0.3) is 0 Å². The highest BCUT2D eigenvalue weighted by molar-refractivity contribution is 7.80. The van der Waals surface area contributed by atoms with Crippen LogP contribution >= 0.6 is 23.8 Å². The van der Waals surface area contributed by atoms with Crippen LogP contribution in [-0.4, -0.2) is 48.2 Å². The Hall–Kier alpha value is -1.82. The average molecular weight is 418 g/mol. The van der Waals surface area contributed by atoms with Gasteiger partial charge in [0.05, 0.1) is 7.11 Å². The lowest BCUT2D eigenvalue weighted by molar-refractivity contribution is 0.173. The van der Waals surface area contributed by atoms with E-state index in [2.05, 4.69) is 28.2 Å². The van der Waals surface area contributed by atoms with E-state index >= 15 is 0 Å². The van der Waals surface area contributed by atoms with Crippen molar-refractivity contribution in [3.63, 3.8) is 0 Å². The van der Waals surface area contributed by atoms with E-state index in [0.717, 1.165) is 58.6 Å². The van der Waals surface area contributed by atoms with Gasteiger partial charge < -0.3 is 19.9 Å². The van der Waals surface area contributed by atoms with Crippen molar-refractivity contribution in [2.24, 2.45) is 0 Å². The third kappa shape index (κ3) is 5.16. The van der Waals surface area contributed by atoms with Gasteiger partial charge in [-0.05, 0) is 75.9 Å². The molecule has 0 aliphatic carbocycles. The number of halogens is 1. The number of rotatable bonds is 5. The summed E-state index contributed by atoms with van der Waals surface area (Å²) in [7, 11) is 3.88. The summed E-state index contributed by atoms with van der Waals surface area (Å²) >= 11 is 12.1. The van der Waals surface area contributed by atoms with Crippen LogP contribution in [0.15, 0.2) is 42.5 Å². The van der Waals surface area contributed by atoms with Crippen molar-refractivity contribution in [1.82, 2.24) is 9.80 Å². The number of hydrogen-bond acceptors (Lipinski definition) is 3. The first-order valence-electron chi connectivity index (χ1n) is 9.62. The number of piperidine rings is 1. The molecule has 0 amide bonds. The average Bonchev–Trinajstić information content (AvgIpc) is 2.70. The van der Waals surface area contributed by atoms with Crippen molar-refractivity contribution in [2.45, 2.75) is 32.4 Å². The molecule has 0 aromatic heterocycles. The van der Waals surface area contributed by atoms with Crippen molar-refractivity contribution in [1.29, 1.82) is 0 Å². The molecular formula is C22H28ClN3OS. The lowest BCUT2D eigenvalue weighted by Gasteiger charge is -2.39. The normalized spacial score (nSPS) is 15.3. The largest absolute Gasteiger partial charge is 0.496 e. The molecule has 0 atom stereocenters. The lowest BCUT2D eigenvalue weighted by atomic mass is 10.0. The van der Waals surface area contributed by atoms with Gasteiger partial charge in [-0.25, -0.2) is 0 Å². The van der Waals surface area contributed by atoms with Crippen LogP contribution in [0.3, 0.4) is 0 Å². The molecule has 1 N–H and O–H groups in total. The molecule has 1 heterocycles. The third-order valence-corrected chi connectivity index (χ3v) is 6.09. The molecule has 2 aromatic carbocycles. The first-order chi connectivity index (χ1) is 13.5. The second-order valence-electron chi connectivity index (χ2n) is 7.37. The monoisotopic (exact) mass is 417 g/mol. The standard InChI is InChI=1S/C22H28ClN3OS/c1-16-8-9-18(14-20(16)23)24-22(28)26(19-10-12-25(2)13-11-19)15-17-6-4-5-7-21(17)27-3/h4-9,14,19H,10-13,15H2,1-3H3,(H,24,28). The minimum Gasteiger partial charge on any atom is -0.496 e. The Morgan fingerprint density at radius 1 is 1.25 bits per heavy atom. The van der Waals surface area contributed by atoms with Crippen LogP contribution in [0.4, 0.5) is 5.69 Å². The molecule has 28 heavy (non-hydrogen) atoms. The second-order valence-corrected chi connectivity index (χ2v) is 8.16. The number of thiocarbonyl (C=S) groups is 1. The number of aryl methyl sites for hydroxylation is 1. The molecule has 0 spiro atoms. The number of likely N-dealkylation sites (tertiary alicyclic amines) is 1. The Kier molecular flexibility index (Phi) is 7.16. The van der Waals surface area contributed by atoms with Gasteiger partial charge in [-0.15, -0.1) is 0 Å². The highest BCUT2D eigenvalue weighted by Gasteiger charge is 2.26. The smallest absolute Gasteiger partial charge is 0.173 e. The molecule has 1 fully saturated rings. The van der Waals surface area contributed by atoms with Crippen LogP contribution in [0.2, 0.25) is 5.02 Å². The molecule has 1 aliphatic rings. The number of anilines is 1. The quantitative estimate of drug-likeness (QED) is 0.695. The number of methoxy groups -OCH3 is 1. The molecule has 0 unspecified atom stereocenters. The van der Waals surface area contributed by atoms with E-state index in [9.17, 15) is 0 Å². The summed E-state index contributed by atoms with van der Waals surface area (Å²) in [4.78, 5) is 4.67. The van der Waals surface area contributed by atoms with Gasteiger partial charge in [-0.2, -0.15) is 0 Å². The number of nitrogens with zero attached hydrogens (tertiary/aromatic N) is 2. The molecule has 0 saturated carbocycles. The van der Waals surface area contributed by atoms with Crippen LogP contribution < -0.4 is 10.1 Å². The highest BCUT2D eigenvalue weighted by Crippen LogP contribution is 2.26. The molecule has 150 valence electrons. The van der Waals surface area contributed by atoms with E-state index in [0.29, 0.717) is 12.6 Å². The Bertz CT molecular complexity index is 821. The van der Waals surface area contributed by atoms with Gasteiger partial charge >= 0.3 is 0 Å². The third-order valence-electron chi connectivity index (χ3n) is 5.35.